The molecule has 1 aliphatic rings. The molecule has 0 spiro atoms. The number of H-pyrrole nitrogens is 1. The number of hydrogen-bond donors (Lipinski definition) is 1. The number of rotatable bonds is 7. The number of aromatic nitrogens is 1. The lowest BCUT2D eigenvalue weighted by molar-refractivity contribution is 0.0525. The Kier molecular flexibility index (Phi) is 5.54. The van der Waals surface area contributed by atoms with Crippen molar-refractivity contribution in [2.75, 3.05) is 13.7 Å². The van der Waals surface area contributed by atoms with Gasteiger partial charge in [0.25, 0.3) is 5.91 Å². The number of nitrogens with one attached hydrogen (secondary N) is 1. The third-order valence-electron chi connectivity index (χ3n) is 4.89. The maximum absolute atomic E-state index is 13.2. The lowest BCUT2D eigenvalue weighted by Gasteiger charge is -2.22. The molecule has 0 bridgehead atoms. The highest BCUT2D eigenvalue weighted by atomic mass is 16.5. The highest BCUT2D eigenvalue weighted by molar-refractivity contribution is 6.00. The first kappa shape index (κ1) is 19.0. The molecule has 0 unspecified atom stereocenters. The van der Waals surface area contributed by atoms with Crippen molar-refractivity contribution in [3.63, 3.8) is 0 Å². The summed E-state index contributed by atoms with van der Waals surface area (Å²) < 4.78 is 10.3. The summed E-state index contributed by atoms with van der Waals surface area (Å²) in [6.45, 7) is 6.19. The van der Waals surface area contributed by atoms with Gasteiger partial charge >= 0.3 is 5.97 Å². The maximum atomic E-state index is 13.2. The maximum Gasteiger partial charge on any atom is 0.340 e. The summed E-state index contributed by atoms with van der Waals surface area (Å²) in [6, 6.07) is 7.98. The lowest BCUT2D eigenvalue weighted by atomic mass is 10.1. The van der Waals surface area contributed by atoms with Crippen LogP contribution in [0.1, 0.15) is 57.4 Å². The Morgan fingerprint density at radius 3 is 2.41 bits per heavy atom. The number of hydrogen-bond acceptors (Lipinski definition) is 4. The van der Waals surface area contributed by atoms with Gasteiger partial charge in [-0.2, -0.15) is 0 Å². The van der Waals surface area contributed by atoms with E-state index in [2.05, 4.69) is 4.98 Å². The summed E-state index contributed by atoms with van der Waals surface area (Å²) in [4.78, 5) is 30.4. The van der Waals surface area contributed by atoms with E-state index in [0.29, 0.717) is 35.7 Å². The first-order chi connectivity index (χ1) is 13.0. The summed E-state index contributed by atoms with van der Waals surface area (Å²) in [5.41, 5.74) is 3.28. The minimum absolute atomic E-state index is 0.0792. The molecule has 0 saturated heterocycles. The van der Waals surface area contributed by atoms with Gasteiger partial charge in [0.2, 0.25) is 0 Å². The smallest absolute Gasteiger partial charge is 0.340 e. The van der Waals surface area contributed by atoms with Crippen LogP contribution >= 0.6 is 0 Å². The second-order valence-corrected chi connectivity index (χ2v) is 6.86. The Labute approximate surface area is 159 Å². The standard InChI is InChI=1S/C21H26N2O4/c1-5-27-21(25)18-13(2)19(22-14(18)3)20(24)23(16-8-9-16)12-15-6-10-17(26-4)11-7-15/h6-7,10-11,16,22H,5,8-9,12H2,1-4H3. The summed E-state index contributed by atoms with van der Waals surface area (Å²) in [5.74, 6) is 0.318. The Morgan fingerprint density at radius 2 is 1.85 bits per heavy atom. The molecule has 1 fully saturated rings. The summed E-state index contributed by atoms with van der Waals surface area (Å²) in [5, 5.41) is 0. The highest BCUT2D eigenvalue weighted by Gasteiger charge is 2.35. The van der Waals surface area contributed by atoms with Crippen molar-refractivity contribution >= 4 is 11.9 Å². The molecule has 2 aromatic rings. The Bertz CT molecular complexity index is 835. The van der Waals surface area contributed by atoms with E-state index in [1.165, 1.54) is 0 Å². The van der Waals surface area contributed by atoms with E-state index in [1.807, 2.05) is 29.2 Å². The number of aryl methyl sites for hydroxylation is 1. The van der Waals surface area contributed by atoms with Gasteiger partial charge < -0.3 is 19.4 Å². The van der Waals surface area contributed by atoms with Crippen LogP contribution in [-0.2, 0) is 11.3 Å². The molecule has 3 rings (SSSR count). The zero-order valence-electron chi connectivity index (χ0n) is 16.3. The van der Waals surface area contributed by atoms with Crippen LogP contribution in [0.2, 0.25) is 0 Å². The van der Waals surface area contributed by atoms with E-state index in [4.69, 9.17) is 9.47 Å². The zero-order valence-corrected chi connectivity index (χ0v) is 16.3. The van der Waals surface area contributed by atoms with Gasteiger partial charge in [0, 0.05) is 18.3 Å². The van der Waals surface area contributed by atoms with Gasteiger partial charge in [0.15, 0.2) is 0 Å². The van der Waals surface area contributed by atoms with Crippen LogP contribution < -0.4 is 4.74 Å². The molecule has 0 radical (unpaired) electrons. The van der Waals surface area contributed by atoms with Crippen molar-refractivity contribution in [3.05, 3.63) is 52.3 Å². The van der Waals surface area contributed by atoms with Crippen molar-refractivity contribution in [2.45, 2.75) is 46.2 Å². The van der Waals surface area contributed by atoms with Crippen LogP contribution in [0.4, 0.5) is 0 Å². The highest BCUT2D eigenvalue weighted by Crippen LogP contribution is 2.31. The monoisotopic (exact) mass is 370 g/mol. The molecule has 0 aliphatic heterocycles. The minimum atomic E-state index is -0.393. The molecule has 1 aromatic heterocycles. The molecule has 1 N–H and O–H groups in total. The van der Waals surface area contributed by atoms with E-state index >= 15 is 0 Å². The topological polar surface area (TPSA) is 71.6 Å². The summed E-state index contributed by atoms with van der Waals surface area (Å²) >= 11 is 0. The molecular weight excluding hydrogens is 344 g/mol. The SMILES string of the molecule is CCOC(=O)c1c(C)[nH]c(C(=O)N(Cc2ccc(OC)cc2)C2CC2)c1C. The Balaban J connectivity index is 1.85. The molecule has 0 atom stereocenters. The Morgan fingerprint density at radius 1 is 1.19 bits per heavy atom. The van der Waals surface area contributed by atoms with Crippen LogP contribution in [0.5, 0.6) is 5.75 Å². The number of amides is 1. The number of carbonyl (C=O) groups is 2. The molecule has 6 heteroatoms. The molecule has 1 aromatic carbocycles. The van der Waals surface area contributed by atoms with E-state index in [0.717, 1.165) is 24.2 Å². The second kappa shape index (κ2) is 7.86. The first-order valence-corrected chi connectivity index (χ1v) is 9.26. The van der Waals surface area contributed by atoms with Gasteiger partial charge in [-0.1, -0.05) is 12.1 Å². The van der Waals surface area contributed by atoms with Crippen LogP contribution in [0, 0.1) is 13.8 Å². The number of ether oxygens (including phenoxy) is 2. The summed E-state index contributed by atoms with van der Waals surface area (Å²) in [7, 11) is 1.63. The molecule has 1 saturated carbocycles. The van der Waals surface area contributed by atoms with Crippen LogP contribution in [0.25, 0.3) is 0 Å². The molecule has 27 heavy (non-hydrogen) atoms. The van der Waals surface area contributed by atoms with Gasteiger partial charge in [-0.3, -0.25) is 4.79 Å². The minimum Gasteiger partial charge on any atom is -0.497 e. The third-order valence-corrected chi connectivity index (χ3v) is 4.89. The van der Waals surface area contributed by atoms with Crippen LogP contribution in [0.15, 0.2) is 24.3 Å². The van der Waals surface area contributed by atoms with E-state index in [1.54, 1.807) is 27.9 Å². The van der Waals surface area contributed by atoms with Crippen molar-refractivity contribution < 1.29 is 19.1 Å². The van der Waals surface area contributed by atoms with Gasteiger partial charge in [0.1, 0.15) is 11.4 Å². The average Bonchev–Trinajstić information content (AvgIpc) is 3.45. The van der Waals surface area contributed by atoms with Gasteiger partial charge in [0.05, 0.1) is 19.3 Å². The van der Waals surface area contributed by atoms with Crippen molar-refractivity contribution in [2.24, 2.45) is 0 Å². The van der Waals surface area contributed by atoms with Gasteiger partial charge in [-0.25, -0.2) is 4.79 Å². The number of esters is 1. The quantitative estimate of drug-likeness (QED) is 0.756. The molecule has 1 aliphatic carbocycles. The fourth-order valence-electron chi connectivity index (χ4n) is 3.30. The number of aromatic amines is 1. The number of methoxy groups -OCH3 is 1. The van der Waals surface area contributed by atoms with Gasteiger partial charge in [-0.05, 0) is 56.9 Å². The van der Waals surface area contributed by atoms with Gasteiger partial charge in [-0.15, -0.1) is 0 Å². The molecule has 6 nitrogen and oxygen atoms in total. The zero-order chi connectivity index (χ0) is 19.6. The van der Waals surface area contributed by atoms with Crippen molar-refractivity contribution in [1.82, 2.24) is 9.88 Å². The summed E-state index contributed by atoms with van der Waals surface area (Å²) in [6.07, 6.45) is 2.01. The number of carbonyl (C=O) groups excluding carboxylic acids is 2. The third kappa shape index (κ3) is 3.99. The normalized spacial score (nSPS) is 13.3. The largest absolute Gasteiger partial charge is 0.497 e. The Hall–Kier alpha value is -2.76. The van der Waals surface area contributed by atoms with E-state index in [9.17, 15) is 9.59 Å². The second-order valence-electron chi connectivity index (χ2n) is 6.86. The van der Waals surface area contributed by atoms with Crippen LogP contribution in [0.3, 0.4) is 0 Å². The molecular formula is C21H26N2O4. The first-order valence-electron chi connectivity index (χ1n) is 9.26. The lowest BCUT2D eigenvalue weighted by Crippen LogP contribution is -2.33. The van der Waals surface area contributed by atoms with E-state index in [-0.39, 0.29) is 11.9 Å². The number of benzene rings is 1. The fraction of sp³-hybridized carbons (Fsp3) is 0.429. The van der Waals surface area contributed by atoms with Crippen molar-refractivity contribution in [3.8, 4) is 5.75 Å². The molecule has 1 heterocycles. The molecule has 1 amide bonds. The number of nitrogens with zero attached hydrogens (tertiary/aromatic N) is 1. The average molecular weight is 370 g/mol. The molecule has 144 valence electrons. The predicted molar refractivity (Wildman–Crippen MR) is 102 cm³/mol. The predicted octanol–water partition coefficient (Wildman–Crippen LogP) is 3.62. The van der Waals surface area contributed by atoms with Crippen molar-refractivity contribution in [1.29, 1.82) is 0 Å². The fourth-order valence-corrected chi connectivity index (χ4v) is 3.30. The van der Waals surface area contributed by atoms with Crippen LogP contribution in [-0.4, -0.2) is 41.5 Å². The van der Waals surface area contributed by atoms with E-state index < -0.39 is 5.97 Å².